The Morgan fingerprint density at radius 1 is 1.00 bits per heavy atom. The van der Waals surface area contributed by atoms with Crippen LogP contribution in [-0.4, -0.2) is 63.4 Å². The van der Waals surface area contributed by atoms with Crippen molar-refractivity contribution < 1.29 is 9.53 Å². The third-order valence-electron chi connectivity index (χ3n) is 6.32. The lowest BCUT2D eigenvalue weighted by molar-refractivity contribution is 0.0188. The molecule has 0 saturated carbocycles. The summed E-state index contributed by atoms with van der Waals surface area (Å²) in [6, 6.07) is 3.60. The Kier molecular flexibility index (Phi) is 6.80. The first-order valence-electron chi connectivity index (χ1n) is 11.4. The predicted octanol–water partition coefficient (Wildman–Crippen LogP) is 4.78. The Morgan fingerprint density at radius 2 is 1.59 bits per heavy atom. The molecule has 0 aliphatic carbocycles. The number of halogens is 2. The van der Waals surface area contributed by atoms with Crippen molar-refractivity contribution >= 4 is 40.3 Å². The number of carbonyl (C=O) groups excluding carboxylic acids is 1. The maximum atomic E-state index is 13.5. The minimum atomic E-state index is -0.524. The van der Waals surface area contributed by atoms with Gasteiger partial charge in [0.05, 0.1) is 21.1 Å². The first-order chi connectivity index (χ1) is 15.1. The van der Waals surface area contributed by atoms with Crippen molar-refractivity contribution in [2.45, 2.75) is 64.6 Å². The minimum absolute atomic E-state index is 0.00559. The zero-order valence-corrected chi connectivity index (χ0v) is 20.6. The van der Waals surface area contributed by atoms with Gasteiger partial charge in [-0.1, -0.05) is 23.2 Å². The van der Waals surface area contributed by atoms with Gasteiger partial charge in [0.2, 0.25) is 0 Å². The Balaban J connectivity index is 1.58. The third kappa shape index (κ3) is 4.95. The van der Waals surface area contributed by atoms with Crippen LogP contribution in [0.4, 0.5) is 4.79 Å². The van der Waals surface area contributed by atoms with Crippen molar-refractivity contribution in [3.63, 3.8) is 0 Å². The number of likely N-dealkylation sites (tertiary alicyclic amines) is 2. The highest BCUT2D eigenvalue weighted by atomic mass is 35.5. The number of rotatable bonds is 4. The number of imidazole rings is 1. The first-order valence-corrected chi connectivity index (χ1v) is 12.2. The van der Waals surface area contributed by atoms with Crippen LogP contribution in [0.3, 0.4) is 0 Å². The van der Waals surface area contributed by atoms with Crippen LogP contribution in [0.15, 0.2) is 16.9 Å². The smallest absolute Gasteiger partial charge is 0.410 e. The molecular formula is C23H32Cl2N4O3. The maximum Gasteiger partial charge on any atom is 0.410 e. The van der Waals surface area contributed by atoms with Crippen LogP contribution >= 0.6 is 23.2 Å². The van der Waals surface area contributed by atoms with Crippen molar-refractivity contribution in [3.8, 4) is 0 Å². The summed E-state index contributed by atoms with van der Waals surface area (Å²) in [4.78, 5) is 30.1. The number of hydrogen-bond acceptors (Lipinski definition) is 4. The second-order valence-electron chi connectivity index (χ2n) is 9.81. The molecule has 0 atom stereocenters. The van der Waals surface area contributed by atoms with Crippen molar-refractivity contribution in [3.05, 3.63) is 32.7 Å². The van der Waals surface area contributed by atoms with Crippen LogP contribution in [0.5, 0.6) is 0 Å². The largest absolute Gasteiger partial charge is 0.444 e. The van der Waals surface area contributed by atoms with E-state index in [1.54, 1.807) is 17.0 Å². The average molecular weight is 483 g/mol. The number of nitrogens with zero attached hydrogens (tertiary/aromatic N) is 4. The quantitative estimate of drug-likeness (QED) is 0.628. The standard InChI is InChI=1S/C23H32Cl2N4O3/c1-23(2,3)32-22(31)27-10-6-16(7-11-27)29-20-15-18(25)17(24)14-19(20)28(21(29)30)13-12-26-8-4-5-9-26/h14-16H,4-13H2,1-3H3. The Labute approximate surface area is 198 Å². The van der Waals surface area contributed by atoms with Gasteiger partial charge >= 0.3 is 11.8 Å². The van der Waals surface area contributed by atoms with E-state index < -0.39 is 5.60 Å². The average Bonchev–Trinajstić information content (AvgIpc) is 3.32. The van der Waals surface area contributed by atoms with Crippen LogP contribution in [0.2, 0.25) is 10.0 Å². The summed E-state index contributed by atoms with van der Waals surface area (Å²) in [6.07, 6.45) is 3.50. The molecule has 2 saturated heterocycles. The van der Waals surface area contributed by atoms with Gasteiger partial charge in [0.1, 0.15) is 5.60 Å². The van der Waals surface area contributed by atoms with E-state index in [-0.39, 0.29) is 17.8 Å². The summed E-state index contributed by atoms with van der Waals surface area (Å²) in [5.41, 5.74) is 1.07. The number of piperidine rings is 1. The van der Waals surface area contributed by atoms with Gasteiger partial charge < -0.3 is 14.5 Å². The Morgan fingerprint density at radius 3 is 2.19 bits per heavy atom. The van der Waals surface area contributed by atoms with Gasteiger partial charge in [-0.15, -0.1) is 0 Å². The van der Waals surface area contributed by atoms with Gasteiger partial charge in [-0.3, -0.25) is 9.13 Å². The van der Waals surface area contributed by atoms with Crippen molar-refractivity contribution in [2.75, 3.05) is 32.7 Å². The number of fused-ring (bicyclic) bond motifs is 1. The summed E-state index contributed by atoms with van der Waals surface area (Å²) >= 11 is 12.6. The minimum Gasteiger partial charge on any atom is -0.444 e. The molecule has 3 heterocycles. The molecule has 0 spiro atoms. The molecule has 1 amide bonds. The lowest BCUT2D eigenvalue weighted by Crippen LogP contribution is -2.43. The molecule has 2 aromatic rings. The maximum absolute atomic E-state index is 13.5. The molecule has 0 radical (unpaired) electrons. The molecule has 4 rings (SSSR count). The van der Waals surface area contributed by atoms with E-state index >= 15 is 0 Å². The van der Waals surface area contributed by atoms with Crippen LogP contribution < -0.4 is 5.69 Å². The van der Waals surface area contributed by atoms with Crippen LogP contribution in [0.25, 0.3) is 11.0 Å². The normalized spacial score (nSPS) is 18.6. The molecule has 0 N–H and O–H groups in total. The monoisotopic (exact) mass is 482 g/mol. The van der Waals surface area contributed by atoms with Gasteiger partial charge in [-0.25, -0.2) is 9.59 Å². The molecule has 2 aliphatic heterocycles. The number of amides is 1. The summed E-state index contributed by atoms with van der Waals surface area (Å²) < 4.78 is 9.19. The van der Waals surface area contributed by atoms with E-state index in [1.165, 1.54) is 12.8 Å². The number of aromatic nitrogens is 2. The Bertz CT molecular complexity index is 1040. The number of benzene rings is 1. The highest BCUT2D eigenvalue weighted by Gasteiger charge is 2.30. The molecule has 0 unspecified atom stereocenters. The molecule has 1 aromatic carbocycles. The molecule has 32 heavy (non-hydrogen) atoms. The van der Waals surface area contributed by atoms with Crippen molar-refractivity contribution in [1.82, 2.24) is 18.9 Å². The van der Waals surface area contributed by atoms with E-state index in [9.17, 15) is 9.59 Å². The molecule has 9 heteroatoms. The molecule has 2 aliphatic rings. The summed E-state index contributed by atoms with van der Waals surface area (Å²) in [5.74, 6) is 0. The highest BCUT2D eigenvalue weighted by molar-refractivity contribution is 6.42. The second-order valence-corrected chi connectivity index (χ2v) is 10.6. The lowest BCUT2D eigenvalue weighted by Gasteiger charge is -2.33. The van der Waals surface area contributed by atoms with Crippen LogP contribution in [-0.2, 0) is 11.3 Å². The van der Waals surface area contributed by atoms with Crippen molar-refractivity contribution in [1.29, 1.82) is 0 Å². The summed E-state index contributed by atoms with van der Waals surface area (Å²) in [6.45, 7) is 10.3. The van der Waals surface area contributed by atoms with Gasteiger partial charge in [-0.2, -0.15) is 0 Å². The summed E-state index contributed by atoms with van der Waals surface area (Å²) in [7, 11) is 0. The van der Waals surface area contributed by atoms with E-state index in [1.807, 2.05) is 29.9 Å². The fourth-order valence-electron chi connectivity index (χ4n) is 4.72. The molecule has 1 aromatic heterocycles. The van der Waals surface area contributed by atoms with Gasteiger partial charge in [0.25, 0.3) is 0 Å². The van der Waals surface area contributed by atoms with Crippen molar-refractivity contribution in [2.24, 2.45) is 0 Å². The van der Waals surface area contributed by atoms with Crippen LogP contribution in [0, 0.1) is 0 Å². The van der Waals surface area contributed by atoms with E-state index in [0.29, 0.717) is 42.5 Å². The molecule has 176 valence electrons. The van der Waals surface area contributed by atoms with Gasteiger partial charge in [0.15, 0.2) is 0 Å². The highest BCUT2D eigenvalue weighted by Crippen LogP contribution is 2.31. The zero-order chi connectivity index (χ0) is 23.0. The van der Waals surface area contributed by atoms with E-state index in [4.69, 9.17) is 27.9 Å². The SMILES string of the molecule is CC(C)(C)OC(=O)N1CCC(n2c(=O)n(CCN3CCCC3)c3cc(Cl)c(Cl)cc32)CC1. The number of ether oxygens (including phenoxy) is 1. The van der Waals surface area contributed by atoms with E-state index in [0.717, 1.165) is 30.7 Å². The van der Waals surface area contributed by atoms with Crippen LogP contribution in [0.1, 0.15) is 52.5 Å². The third-order valence-corrected chi connectivity index (χ3v) is 7.05. The fraction of sp³-hybridized carbons (Fsp3) is 0.652. The van der Waals surface area contributed by atoms with Gasteiger partial charge in [-0.05, 0) is 71.7 Å². The molecule has 0 bridgehead atoms. The first kappa shape index (κ1) is 23.5. The number of hydrogen-bond donors (Lipinski definition) is 0. The lowest BCUT2D eigenvalue weighted by atomic mass is 10.0. The topological polar surface area (TPSA) is 59.7 Å². The predicted molar refractivity (Wildman–Crippen MR) is 128 cm³/mol. The second kappa shape index (κ2) is 9.27. The van der Waals surface area contributed by atoms with Gasteiger partial charge in [0, 0.05) is 32.2 Å². The summed E-state index contributed by atoms with van der Waals surface area (Å²) in [5, 5.41) is 0.891. The molecular weight excluding hydrogens is 451 g/mol. The molecule has 7 nitrogen and oxygen atoms in total. The van der Waals surface area contributed by atoms with E-state index in [2.05, 4.69) is 4.90 Å². The molecule has 2 fully saturated rings. The number of carbonyl (C=O) groups is 1. The zero-order valence-electron chi connectivity index (χ0n) is 19.1. The fourth-order valence-corrected chi connectivity index (χ4v) is 5.04. The Hall–Kier alpha value is -1.70.